The molecular weight excluding hydrogens is 306 g/mol. The summed E-state index contributed by atoms with van der Waals surface area (Å²) in [6, 6.07) is 14.4. The Balaban J connectivity index is 2.08. The van der Waals surface area contributed by atoms with Gasteiger partial charge in [0.15, 0.2) is 0 Å². The first-order chi connectivity index (χ1) is 11.5. The van der Waals surface area contributed by atoms with Crippen molar-refractivity contribution < 1.29 is 14.3 Å². The van der Waals surface area contributed by atoms with Crippen LogP contribution in [0.25, 0.3) is 0 Å². The summed E-state index contributed by atoms with van der Waals surface area (Å²) in [5, 5.41) is 11.4. The van der Waals surface area contributed by atoms with Gasteiger partial charge in [0.2, 0.25) is 5.91 Å². The van der Waals surface area contributed by atoms with E-state index in [9.17, 15) is 9.59 Å². The van der Waals surface area contributed by atoms with E-state index in [0.29, 0.717) is 16.9 Å². The number of nitrogens with one attached hydrogen (secondary N) is 1. The van der Waals surface area contributed by atoms with Crippen LogP contribution in [-0.4, -0.2) is 25.0 Å². The molecule has 0 unspecified atom stereocenters. The van der Waals surface area contributed by atoms with Gasteiger partial charge in [0.05, 0.1) is 18.7 Å². The minimum atomic E-state index is -0.832. The molecule has 2 aromatic rings. The van der Waals surface area contributed by atoms with Gasteiger partial charge in [-0.2, -0.15) is 5.26 Å². The van der Waals surface area contributed by atoms with Crippen LogP contribution in [0.4, 0.5) is 0 Å². The Morgan fingerprint density at radius 1 is 1.17 bits per heavy atom. The zero-order valence-electron chi connectivity index (χ0n) is 13.2. The summed E-state index contributed by atoms with van der Waals surface area (Å²) in [6.45, 7) is 0. The summed E-state index contributed by atoms with van der Waals surface area (Å²) >= 11 is 0. The number of methoxy groups -OCH3 is 1. The van der Waals surface area contributed by atoms with Crippen LogP contribution in [0.3, 0.4) is 0 Å². The van der Waals surface area contributed by atoms with Gasteiger partial charge < -0.3 is 15.8 Å². The van der Waals surface area contributed by atoms with Gasteiger partial charge in [-0.25, -0.2) is 0 Å². The minimum Gasteiger partial charge on any atom is -0.497 e. The molecule has 2 aromatic carbocycles. The highest BCUT2D eigenvalue weighted by Crippen LogP contribution is 2.13. The lowest BCUT2D eigenvalue weighted by Gasteiger charge is -2.16. The lowest BCUT2D eigenvalue weighted by atomic mass is 10.0. The minimum absolute atomic E-state index is 0.279. The predicted octanol–water partition coefficient (Wildman–Crippen LogP) is 1.39. The van der Waals surface area contributed by atoms with Gasteiger partial charge in [0.1, 0.15) is 11.8 Å². The number of carbonyl (C=O) groups is 2. The molecule has 0 saturated carbocycles. The van der Waals surface area contributed by atoms with Crippen molar-refractivity contribution in [2.24, 2.45) is 5.73 Å². The smallest absolute Gasteiger partial charge is 0.251 e. The fourth-order valence-electron chi connectivity index (χ4n) is 2.16. The van der Waals surface area contributed by atoms with Crippen LogP contribution in [0, 0.1) is 11.3 Å². The van der Waals surface area contributed by atoms with Crippen molar-refractivity contribution in [1.29, 1.82) is 5.26 Å². The Labute approximate surface area is 139 Å². The maximum atomic E-state index is 12.2. The van der Waals surface area contributed by atoms with Crippen molar-refractivity contribution in [1.82, 2.24) is 5.32 Å². The van der Waals surface area contributed by atoms with Crippen molar-refractivity contribution in [2.75, 3.05) is 7.11 Å². The van der Waals surface area contributed by atoms with E-state index in [1.165, 1.54) is 24.3 Å². The van der Waals surface area contributed by atoms with E-state index in [0.717, 1.165) is 5.56 Å². The Kier molecular flexibility index (Phi) is 5.53. The largest absolute Gasteiger partial charge is 0.497 e. The second-order valence-corrected chi connectivity index (χ2v) is 5.17. The van der Waals surface area contributed by atoms with E-state index in [4.69, 9.17) is 15.7 Å². The SMILES string of the molecule is COc1ccc(C[C@H](NC(=O)c2ccc(C#N)cc2)C(N)=O)cc1. The normalized spacial score (nSPS) is 11.2. The van der Waals surface area contributed by atoms with Gasteiger partial charge in [0, 0.05) is 12.0 Å². The predicted molar refractivity (Wildman–Crippen MR) is 88.3 cm³/mol. The van der Waals surface area contributed by atoms with Crippen LogP contribution in [0.15, 0.2) is 48.5 Å². The van der Waals surface area contributed by atoms with Crippen molar-refractivity contribution >= 4 is 11.8 Å². The second-order valence-electron chi connectivity index (χ2n) is 5.17. The number of benzene rings is 2. The molecule has 0 aliphatic heterocycles. The van der Waals surface area contributed by atoms with Crippen LogP contribution in [-0.2, 0) is 11.2 Å². The number of nitriles is 1. The van der Waals surface area contributed by atoms with Gasteiger partial charge in [-0.1, -0.05) is 12.1 Å². The molecule has 24 heavy (non-hydrogen) atoms. The van der Waals surface area contributed by atoms with Crippen LogP contribution >= 0.6 is 0 Å². The molecule has 6 nitrogen and oxygen atoms in total. The van der Waals surface area contributed by atoms with Gasteiger partial charge in [-0.15, -0.1) is 0 Å². The van der Waals surface area contributed by atoms with Gasteiger partial charge in [0.25, 0.3) is 5.91 Å². The summed E-state index contributed by atoms with van der Waals surface area (Å²) in [7, 11) is 1.57. The summed E-state index contributed by atoms with van der Waals surface area (Å²) in [6.07, 6.45) is 0.279. The fraction of sp³-hybridized carbons (Fsp3) is 0.167. The van der Waals surface area contributed by atoms with E-state index in [1.54, 1.807) is 19.2 Å². The fourth-order valence-corrected chi connectivity index (χ4v) is 2.16. The van der Waals surface area contributed by atoms with Crippen molar-refractivity contribution in [2.45, 2.75) is 12.5 Å². The highest BCUT2D eigenvalue weighted by Gasteiger charge is 2.19. The van der Waals surface area contributed by atoms with Crippen molar-refractivity contribution in [3.8, 4) is 11.8 Å². The molecule has 0 aliphatic carbocycles. The number of hydrogen-bond donors (Lipinski definition) is 2. The molecule has 2 rings (SSSR count). The molecule has 3 N–H and O–H groups in total. The second kappa shape index (κ2) is 7.79. The molecule has 2 amide bonds. The van der Waals surface area contributed by atoms with Crippen LogP contribution in [0.2, 0.25) is 0 Å². The molecule has 0 fully saturated rings. The molecule has 0 heterocycles. The lowest BCUT2D eigenvalue weighted by Crippen LogP contribution is -2.45. The zero-order chi connectivity index (χ0) is 17.5. The highest BCUT2D eigenvalue weighted by molar-refractivity contribution is 5.97. The summed E-state index contributed by atoms with van der Waals surface area (Å²) in [5.41, 5.74) is 7.05. The number of primary amides is 1. The van der Waals surface area contributed by atoms with E-state index in [1.807, 2.05) is 18.2 Å². The van der Waals surface area contributed by atoms with Gasteiger partial charge >= 0.3 is 0 Å². The molecule has 0 radical (unpaired) electrons. The van der Waals surface area contributed by atoms with Crippen LogP contribution in [0.5, 0.6) is 5.75 Å². The Hall–Kier alpha value is -3.33. The Bertz CT molecular complexity index is 762. The average molecular weight is 323 g/mol. The third-order valence-corrected chi connectivity index (χ3v) is 3.52. The molecule has 0 spiro atoms. The molecule has 1 atom stereocenters. The maximum absolute atomic E-state index is 12.2. The van der Waals surface area contributed by atoms with E-state index >= 15 is 0 Å². The Morgan fingerprint density at radius 3 is 2.29 bits per heavy atom. The zero-order valence-corrected chi connectivity index (χ0v) is 13.2. The molecule has 0 aromatic heterocycles. The quantitative estimate of drug-likeness (QED) is 0.838. The number of rotatable bonds is 6. The van der Waals surface area contributed by atoms with E-state index in [-0.39, 0.29) is 6.42 Å². The van der Waals surface area contributed by atoms with E-state index in [2.05, 4.69) is 5.32 Å². The average Bonchev–Trinajstić information content (AvgIpc) is 2.61. The number of amides is 2. The third-order valence-electron chi connectivity index (χ3n) is 3.52. The topological polar surface area (TPSA) is 105 Å². The summed E-state index contributed by atoms with van der Waals surface area (Å²) < 4.78 is 5.08. The van der Waals surface area contributed by atoms with Gasteiger partial charge in [-0.3, -0.25) is 9.59 Å². The molecule has 6 heteroatoms. The van der Waals surface area contributed by atoms with Crippen LogP contribution in [0.1, 0.15) is 21.5 Å². The number of hydrogen-bond acceptors (Lipinski definition) is 4. The third kappa shape index (κ3) is 4.34. The number of carbonyl (C=O) groups excluding carboxylic acids is 2. The molecule has 0 bridgehead atoms. The Morgan fingerprint density at radius 2 is 1.79 bits per heavy atom. The van der Waals surface area contributed by atoms with Gasteiger partial charge in [-0.05, 0) is 42.0 Å². The number of nitrogens with two attached hydrogens (primary N) is 1. The van der Waals surface area contributed by atoms with Crippen LogP contribution < -0.4 is 15.8 Å². The number of nitrogens with zero attached hydrogens (tertiary/aromatic N) is 1. The molecule has 122 valence electrons. The number of ether oxygens (including phenoxy) is 1. The first kappa shape index (κ1) is 17.0. The van der Waals surface area contributed by atoms with Crippen molar-refractivity contribution in [3.05, 3.63) is 65.2 Å². The van der Waals surface area contributed by atoms with E-state index < -0.39 is 17.9 Å². The molecular formula is C18H17N3O3. The highest BCUT2D eigenvalue weighted by atomic mass is 16.5. The molecule has 0 saturated heterocycles. The van der Waals surface area contributed by atoms with Crippen molar-refractivity contribution in [3.63, 3.8) is 0 Å². The monoisotopic (exact) mass is 323 g/mol. The summed E-state index contributed by atoms with van der Waals surface area (Å²) in [5.74, 6) is -0.333. The molecule has 0 aliphatic rings. The lowest BCUT2D eigenvalue weighted by molar-refractivity contribution is -0.119. The maximum Gasteiger partial charge on any atom is 0.251 e. The first-order valence-corrected chi connectivity index (χ1v) is 7.26. The summed E-state index contributed by atoms with van der Waals surface area (Å²) in [4.78, 5) is 23.9. The first-order valence-electron chi connectivity index (χ1n) is 7.26. The standard InChI is InChI=1S/C18H17N3O3/c1-24-15-8-4-12(5-9-15)10-16(17(20)22)21-18(23)14-6-2-13(11-19)3-7-14/h2-9,16H,10H2,1H3,(H2,20,22)(H,21,23)/t16-/m0/s1.